The van der Waals surface area contributed by atoms with Gasteiger partial charge in [-0.15, -0.1) is 0 Å². The van der Waals surface area contributed by atoms with Gasteiger partial charge in [0.2, 0.25) is 5.91 Å². The summed E-state index contributed by atoms with van der Waals surface area (Å²) in [6.07, 6.45) is 0.979. The molecule has 2 fully saturated rings. The average molecular weight is 304 g/mol. The van der Waals surface area contributed by atoms with Crippen LogP contribution < -0.4 is 11.1 Å². The number of amides is 1. The molecule has 114 valence electrons. The molecule has 1 aliphatic heterocycles. The normalized spacial score (nSPS) is 36.8. The Balaban J connectivity index is 2.21. The molecule has 0 bridgehead atoms. The Morgan fingerprint density at radius 3 is 2.45 bits per heavy atom. The van der Waals surface area contributed by atoms with E-state index < -0.39 is 50.2 Å². The van der Waals surface area contributed by atoms with Crippen LogP contribution in [0.4, 0.5) is 0 Å². The number of hydrogen-bond acceptors (Lipinski definition) is 5. The zero-order valence-electron chi connectivity index (χ0n) is 11.5. The number of carbonyl (C=O) groups is 2. The molecule has 1 amide bonds. The van der Waals surface area contributed by atoms with E-state index in [2.05, 4.69) is 5.32 Å². The molecule has 0 radical (unpaired) electrons. The lowest BCUT2D eigenvalue weighted by molar-refractivity contribution is -0.147. The molecular weight excluding hydrogens is 284 g/mol. The van der Waals surface area contributed by atoms with Gasteiger partial charge in [-0.1, -0.05) is 20.3 Å². The monoisotopic (exact) mass is 304 g/mol. The van der Waals surface area contributed by atoms with Crippen molar-refractivity contribution >= 4 is 21.7 Å². The van der Waals surface area contributed by atoms with Crippen molar-refractivity contribution in [1.29, 1.82) is 0 Å². The minimum atomic E-state index is -3.44. The minimum absolute atomic E-state index is 0.103. The van der Waals surface area contributed by atoms with Crippen molar-refractivity contribution in [3.8, 4) is 0 Å². The maximum absolute atomic E-state index is 12.1. The number of carboxylic acids is 1. The number of aliphatic carboxylic acids is 1. The molecule has 5 atom stereocenters. The van der Waals surface area contributed by atoms with Crippen molar-refractivity contribution in [3.05, 3.63) is 0 Å². The predicted molar refractivity (Wildman–Crippen MR) is 71.6 cm³/mol. The van der Waals surface area contributed by atoms with E-state index in [9.17, 15) is 23.1 Å². The molecule has 20 heavy (non-hydrogen) atoms. The molecule has 2 rings (SSSR count). The maximum atomic E-state index is 12.1. The largest absolute Gasteiger partial charge is 0.479 e. The van der Waals surface area contributed by atoms with Gasteiger partial charge in [0.05, 0.1) is 17.0 Å². The van der Waals surface area contributed by atoms with Gasteiger partial charge in [-0.3, -0.25) is 4.79 Å². The summed E-state index contributed by atoms with van der Waals surface area (Å²) in [4.78, 5) is 23.6. The highest BCUT2D eigenvalue weighted by atomic mass is 32.2. The van der Waals surface area contributed by atoms with Gasteiger partial charge in [0.1, 0.15) is 0 Å². The van der Waals surface area contributed by atoms with Gasteiger partial charge in [-0.05, 0) is 12.3 Å². The summed E-state index contributed by atoms with van der Waals surface area (Å²) in [5.74, 6) is -3.06. The Labute approximate surface area is 117 Å². The number of sulfone groups is 1. The summed E-state index contributed by atoms with van der Waals surface area (Å²) >= 11 is 0. The van der Waals surface area contributed by atoms with E-state index in [4.69, 9.17) is 5.73 Å². The molecule has 1 heterocycles. The van der Waals surface area contributed by atoms with Gasteiger partial charge in [0.25, 0.3) is 0 Å². The van der Waals surface area contributed by atoms with Crippen molar-refractivity contribution in [3.63, 3.8) is 0 Å². The fraction of sp³-hybridized carbons (Fsp3) is 0.833. The summed E-state index contributed by atoms with van der Waals surface area (Å²) in [7, 11) is -3.44. The van der Waals surface area contributed by atoms with Gasteiger partial charge in [0.15, 0.2) is 15.4 Å². The van der Waals surface area contributed by atoms with Gasteiger partial charge in [-0.25, -0.2) is 13.2 Å². The van der Waals surface area contributed by atoms with Crippen LogP contribution in [0.5, 0.6) is 0 Å². The molecule has 7 nitrogen and oxygen atoms in total. The summed E-state index contributed by atoms with van der Waals surface area (Å²) in [5.41, 5.74) is 4.08. The van der Waals surface area contributed by atoms with Crippen LogP contribution in [0.15, 0.2) is 0 Å². The summed E-state index contributed by atoms with van der Waals surface area (Å²) in [6, 6.07) is -0.836. The van der Waals surface area contributed by atoms with E-state index in [0.717, 1.165) is 0 Å². The van der Waals surface area contributed by atoms with Crippen LogP contribution in [0.2, 0.25) is 0 Å². The van der Waals surface area contributed by atoms with E-state index in [1.165, 1.54) is 0 Å². The number of nitrogens with two attached hydrogens (primary N) is 1. The van der Waals surface area contributed by atoms with Gasteiger partial charge >= 0.3 is 5.97 Å². The van der Waals surface area contributed by atoms with Crippen molar-refractivity contribution in [2.24, 2.45) is 17.6 Å². The molecule has 1 saturated carbocycles. The van der Waals surface area contributed by atoms with Crippen molar-refractivity contribution in [1.82, 2.24) is 5.32 Å². The molecule has 0 unspecified atom stereocenters. The summed E-state index contributed by atoms with van der Waals surface area (Å²) in [5, 5.41) is 11.2. The molecule has 0 aromatic heterocycles. The highest BCUT2D eigenvalue weighted by molar-refractivity contribution is 7.92. The van der Waals surface area contributed by atoms with E-state index in [-0.39, 0.29) is 5.92 Å². The highest BCUT2D eigenvalue weighted by Crippen LogP contribution is 2.52. The fourth-order valence-electron chi connectivity index (χ4n) is 2.84. The minimum Gasteiger partial charge on any atom is -0.479 e. The van der Waals surface area contributed by atoms with E-state index in [1.807, 2.05) is 6.92 Å². The quantitative estimate of drug-likeness (QED) is 0.605. The first-order valence-corrected chi connectivity index (χ1v) is 8.40. The number of carbonyl (C=O) groups excluding carboxylic acids is 1. The topological polar surface area (TPSA) is 127 Å². The van der Waals surface area contributed by atoms with Gasteiger partial charge < -0.3 is 16.2 Å². The van der Waals surface area contributed by atoms with E-state index in [0.29, 0.717) is 12.8 Å². The zero-order chi connectivity index (χ0) is 15.3. The Morgan fingerprint density at radius 2 is 2.10 bits per heavy atom. The van der Waals surface area contributed by atoms with Crippen LogP contribution >= 0.6 is 0 Å². The first kappa shape index (κ1) is 15.2. The molecule has 1 aliphatic carbocycles. The first-order chi connectivity index (χ1) is 9.15. The van der Waals surface area contributed by atoms with Crippen LogP contribution in [0.25, 0.3) is 0 Å². The second-order valence-electron chi connectivity index (χ2n) is 5.86. The lowest BCUT2D eigenvalue weighted by Crippen LogP contribution is -2.61. The molecular formula is C12H20N2O5S. The maximum Gasteiger partial charge on any atom is 0.330 e. The number of carboxylic acid groups (broad SMARTS) is 1. The van der Waals surface area contributed by atoms with Crippen molar-refractivity contribution in [2.75, 3.05) is 5.75 Å². The number of nitrogens with one attached hydrogen (secondary N) is 1. The fourth-order valence-corrected chi connectivity index (χ4v) is 5.33. The predicted octanol–water partition coefficient (Wildman–Crippen LogP) is -0.884. The van der Waals surface area contributed by atoms with Crippen LogP contribution in [0.3, 0.4) is 0 Å². The lowest BCUT2D eigenvalue weighted by Gasteiger charge is -2.29. The van der Waals surface area contributed by atoms with Crippen LogP contribution in [-0.2, 0) is 19.4 Å². The number of hydrogen-bond donors (Lipinski definition) is 3. The van der Waals surface area contributed by atoms with Crippen LogP contribution in [0, 0.1) is 11.8 Å². The third-order valence-electron chi connectivity index (χ3n) is 4.54. The van der Waals surface area contributed by atoms with Gasteiger partial charge in [0, 0.05) is 5.92 Å². The van der Waals surface area contributed by atoms with Crippen molar-refractivity contribution in [2.45, 2.75) is 43.5 Å². The second kappa shape index (κ2) is 4.70. The zero-order valence-corrected chi connectivity index (χ0v) is 12.3. The Bertz CT molecular complexity index is 546. The molecule has 0 aromatic carbocycles. The number of rotatable bonds is 5. The third-order valence-corrected chi connectivity index (χ3v) is 6.84. The number of fused-ring (bicyclic) bond motifs is 1. The van der Waals surface area contributed by atoms with Gasteiger partial charge in [-0.2, -0.15) is 0 Å². The Morgan fingerprint density at radius 1 is 1.50 bits per heavy atom. The molecule has 0 spiro atoms. The molecule has 0 aromatic rings. The SMILES string of the molecule is CC[C@H](C)[C@H](N)C(=O)N[C@@]1(C(=O)O)CS(=O)(=O)[C@H]2C[C@H]21. The standard InChI is InChI=1S/C12H20N2O5S/c1-3-6(2)9(13)10(15)14-12(11(16)17)5-20(18,19)8-4-7(8)12/h6-9H,3-5,13H2,1-2H3,(H,14,15)(H,16,17)/t6-,7+,8-,9-,12-/m0/s1. The lowest BCUT2D eigenvalue weighted by atomic mass is 9.93. The first-order valence-electron chi connectivity index (χ1n) is 6.68. The molecule has 2 aliphatic rings. The van der Waals surface area contributed by atoms with Crippen LogP contribution in [0.1, 0.15) is 26.7 Å². The molecule has 8 heteroatoms. The summed E-state index contributed by atoms with van der Waals surface area (Å²) in [6.45, 7) is 3.67. The Kier molecular flexibility index (Phi) is 3.58. The highest BCUT2D eigenvalue weighted by Gasteiger charge is 2.70. The Hall–Kier alpha value is -1.15. The van der Waals surface area contributed by atoms with Crippen molar-refractivity contribution < 1.29 is 23.1 Å². The summed E-state index contributed by atoms with van der Waals surface area (Å²) < 4.78 is 23.6. The van der Waals surface area contributed by atoms with E-state index >= 15 is 0 Å². The third kappa shape index (κ3) is 2.20. The smallest absolute Gasteiger partial charge is 0.330 e. The molecule has 4 N–H and O–H groups in total. The van der Waals surface area contributed by atoms with E-state index in [1.54, 1.807) is 6.92 Å². The van der Waals surface area contributed by atoms with Crippen LogP contribution in [-0.4, -0.2) is 48.0 Å². The molecule has 1 saturated heterocycles. The average Bonchev–Trinajstić information content (AvgIpc) is 3.12. The second-order valence-corrected chi connectivity index (χ2v) is 8.08.